The first kappa shape index (κ1) is 21.0. The molecule has 14 heteroatoms. The van der Waals surface area contributed by atoms with Gasteiger partial charge in [-0.05, 0) is 31.2 Å². The van der Waals surface area contributed by atoms with Crippen molar-refractivity contribution in [1.29, 1.82) is 0 Å². The Morgan fingerprint density at radius 3 is 2.97 bits per heavy atom. The van der Waals surface area contributed by atoms with Crippen molar-refractivity contribution in [3.63, 3.8) is 0 Å². The molecule has 30 heavy (non-hydrogen) atoms. The number of piperidine rings is 1. The first-order valence-corrected chi connectivity index (χ1v) is 11.1. The van der Waals surface area contributed by atoms with Crippen LogP contribution in [0.3, 0.4) is 0 Å². The average Bonchev–Trinajstić information content (AvgIpc) is 3.40. The second-order valence-electron chi connectivity index (χ2n) is 7.72. The summed E-state index contributed by atoms with van der Waals surface area (Å²) in [7, 11) is -4.82. The van der Waals surface area contributed by atoms with E-state index < -0.39 is 34.4 Å². The molecule has 0 spiro atoms. The lowest BCUT2D eigenvalue weighted by Gasteiger charge is -2.29. The zero-order valence-electron chi connectivity index (χ0n) is 16.1. The van der Waals surface area contributed by atoms with E-state index in [9.17, 15) is 18.0 Å². The molecule has 3 saturated heterocycles. The molecule has 2 bridgehead atoms. The summed E-state index contributed by atoms with van der Waals surface area (Å²) in [5, 5.41) is 8.15. The van der Waals surface area contributed by atoms with Crippen LogP contribution in [0, 0.1) is 5.92 Å². The van der Waals surface area contributed by atoms with E-state index in [-0.39, 0.29) is 19.2 Å². The average molecular weight is 444 g/mol. The maximum Gasteiger partial charge on any atom is 0.418 e. The molecule has 0 aliphatic carbocycles. The van der Waals surface area contributed by atoms with Crippen molar-refractivity contribution in [3.05, 3.63) is 18.5 Å². The van der Waals surface area contributed by atoms with Gasteiger partial charge in [0.15, 0.2) is 0 Å². The van der Waals surface area contributed by atoms with Crippen molar-refractivity contribution >= 4 is 22.3 Å². The fourth-order valence-electron chi connectivity index (χ4n) is 4.23. The third kappa shape index (κ3) is 4.73. The van der Waals surface area contributed by atoms with E-state index in [4.69, 9.17) is 9.39 Å². The van der Waals surface area contributed by atoms with E-state index >= 15 is 0 Å². The van der Waals surface area contributed by atoms with Crippen LogP contribution in [0.15, 0.2) is 18.5 Å². The van der Waals surface area contributed by atoms with Gasteiger partial charge >= 0.3 is 16.4 Å². The van der Waals surface area contributed by atoms with E-state index in [1.807, 2.05) is 16.9 Å². The number of carbonyl (C=O) groups excluding carboxylic acids is 2. The maximum absolute atomic E-state index is 12.5. The molecule has 0 radical (unpaired) electrons. The fraction of sp³-hybridized carbons (Fsp3) is 0.688. The van der Waals surface area contributed by atoms with Crippen LogP contribution in [-0.4, -0.2) is 82.5 Å². The third-order valence-electron chi connectivity index (χ3n) is 5.57. The Morgan fingerprint density at radius 1 is 1.40 bits per heavy atom. The maximum atomic E-state index is 12.5. The lowest BCUT2D eigenvalue weighted by Crippen LogP contribution is -2.50. The van der Waals surface area contributed by atoms with Gasteiger partial charge < -0.3 is 10.2 Å². The second kappa shape index (κ2) is 8.47. The summed E-state index contributed by atoms with van der Waals surface area (Å²) in [6, 6.07) is -0.153. The van der Waals surface area contributed by atoms with Gasteiger partial charge in [-0.3, -0.25) is 18.9 Å². The minimum absolute atomic E-state index is 0.0914. The third-order valence-corrected chi connectivity index (χ3v) is 5.92. The Hall–Kier alpha value is -2.26. The van der Waals surface area contributed by atoms with E-state index in [0.29, 0.717) is 23.8 Å². The summed E-state index contributed by atoms with van der Waals surface area (Å²) in [6.07, 6.45) is 5.22. The number of hydrogen-bond donors (Lipinski definition) is 3. The van der Waals surface area contributed by atoms with Crippen molar-refractivity contribution in [1.82, 2.24) is 30.5 Å². The van der Waals surface area contributed by atoms with Crippen LogP contribution in [0.2, 0.25) is 0 Å². The summed E-state index contributed by atoms with van der Waals surface area (Å²) in [4.78, 5) is 31.4. The molecular formula is C16H24N6O7S. The van der Waals surface area contributed by atoms with Gasteiger partial charge in [-0.2, -0.15) is 18.6 Å². The second-order valence-corrected chi connectivity index (χ2v) is 8.73. The van der Waals surface area contributed by atoms with Gasteiger partial charge in [-0.1, -0.05) is 0 Å². The lowest BCUT2D eigenvalue weighted by molar-refractivity contribution is -0.139. The van der Waals surface area contributed by atoms with E-state index in [1.165, 1.54) is 4.90 Å². The van der Waals surface area contributed by atoms with E-state index in [1.54, 1.807) is 6.20 Å². The number of hydrogen-bond acceptors (Lipinski definition) is 8. The molecule has 4 atom stereocenters. The fourth-order valence-corrected chi connectivity index (χ4v) is 4.62. The van der Waals surface area contributed by atoms with Crippen LogP contribution in [0.1, 0.15) is 19.3 Å². The molecule has 0 unspecified atom stereocenters. The number of urea groups is 1. The van der Waals surface area contributed by atoms with E-state index in [2.05, 4.69) is 20.2 Å². The van der Waals surface area contributed by atoms with Crippen molar-refractivity contribution < 1.29 is 31.7 Å². The molecule has 166 valence electrons. The van der Waals surface area contributed by atoms with Crippen LogP contribution in [0.25, 0.3) is 0 Å². The molecule has 3 fully saturated rings. The molecule has 1 aromatic heterocycles. The first-order chi connectivity index (χ1) is 14.3. The number of carbonyl (C=O) groups is 2. The largest absolute Gasteiger partial charge is 0.418 e. The minimum Gasteiger partial charge on any atom is -0.311 e. The molecule has 4 rings (SSSR count). The number of amides is 3. The minimum atomic E-state index is -4.82. The van der Waals surface area contributed by atoms with Crippen LogP contribution in [0.5, 0.6) is 0 Å². The van der Waals surface area contributed by atoms with Gasteiger partial charge in [0.25, 0.3) is 5.91 Å². The monoisotopic (exact) mass is 444 g/mol. The van der Waals surface area contributed by atoms with Gasteiger partial charge in [0.05, 0.1) is 12.6 Å². The number of aromatic nitrogens is 2. The molecule has 1 aromatic rings. The standard InChI is InChI=1S/C16H24N6O7S/c23-15(14-3-2-13-9-21(14)16(24)22(13)29-30(25,26)27)19-28-10-12-6-11(7-17-12)8-20-5-1-4-18-20/h1,4-5,11-14,17H,2-3,6-10H2,(H,19,23)(H,25,26,27)/t11-,12+,13+,14-/m0/s1. The molecule has 3 aliphatic heterocycles. The molecular weight excluding hydrogens is 420 g/mol. The highest BCUT2D eigenvalue weighted by Gasteiger charge is 2.49. The van der Waals surface area contributed by atoms with Crippen molar-refractivity contribution in [2.45, 2.75) is 43.9 Å². The van der Waals surface area contributed by atoms with Crippen LogP contribution in [-0.2, 0) is 30.9 Å². The molecule has 4 heterocycles. The normalized spacial score (nSPS) is 28.9. The number of nitrogens with zero attached hydrogens (tertiary/aromatic N) is 4. The molecule has 3 N–H and O–H groups in total. The Bertz CT molecular complexity index is 879. The van der Waals surface area contributed by atoms with Crippen molar-refractivity contribution in [2.75, 3.05) is 19.7 Å². The highest BCUT2D eigenvalue weighted by molar-refractivity contribution is 7.80. The molecule has 3 aliphatic rings. The Kier molecular flexibility index (Phi) is 5.92. The Labute approximate surface area is 173 Å². The number of nitrogens with one attached hydrogen (secondary N) is 2. The zero-order chi connectivity index (χ0) is 21.3. The Balaban J connectivity index is 1.22. The van der Waals surface area contributed by atoms with Gasteiger partial charge in [-0.25, -0.2) is 10.3 Å². The number of fused-ring (bicyclic) bond motifs is 2. The summed E-state index contributed by atoms with van der Waals surface area (Å²) in [5.74, 6) is -0.0675. The summed E-state index contributed by atoms with van der Waals surface area (Å²) >= 11 is 0. The number of rotatable bonds is 8. The summed E-state index contributed by atoms with van der Waals surface area (Å²) in [6.45, 7) is 2.05. The molecule has 3 amide bonds. The van der Waals surface area contributed by atoms with Gasteiger partial charge in [0, 0.05) is 38.1 Å². The van der Waals surface area contributed by atoms with E-state index in [0.717, 1.165) is 19.5 Å². The SMILES string of the molecule is O=C(NOC[C@H]1C[C@H](Cn2cccn2)CN1)[C@@H]1CC[C@@H]2CN1C(=O)N2OS(=O)(=O)O. The Morgan fingerprint density at radius 2 is 2.23 bits per heavy atom. The molecule has 0 saturated carbocycles. The first-order valence-electron chi connectivity index (χ1n) is 9.69. The summed E-state index contributed by atoms with van der Waals surface area (Å²) in [5.41, 5.74) is 2.39. The van der Waals surface area contributed by atoms with Crippen LogP contribution in [0.4, 0.5) is 4.79 Å². The predicted octanol–water partition coefficient (Wildman–Crippen LogP) is -1.09. The van der Waals surface area contributed by atoms with Crippen LogP contribution >= 0.6 is 0 Å². The van der Waals surface area contributed by atoms with Crippen molar-refractivity contribution in [3.8, 4) is 0 Å². The van der Waals surface area contributed by atoms with Gasteiger partial charge in [0.1, 0.15) is 6.04 Å². The quantitative estimate of drug-likeness (QED) is 0.335. The highest BCUT2D eigenvalue weighted by atomic mass is 32.3. The summed E-state index contributed by atoms with van der Waals surface area (Å²) < 4.78 is 36.9. The van der Waals surface area contributed by atoms with Crippen molar-refractivity contribution in [2.24, 2.45) is 5.92 Å². The molecule has 13 nitrogen and oxygen atoms in total. The topological polar surface area (TPSA) is 155 Å². The smallest absolute Gasteiger partial charge is 0.311 e. The zero-order valence-corrected chi connectivity index (χ0v) is 16.9. The van der Waals surface area contributed by atoms with Gasteiger partial charge in [-0.15, -0.1) is 4.28 Å². The molecule has 0 aromatic carbocycles. The predicted molar refractivity (Wildman–Crippen MR) is 99.6 cm³/mol. The highest BCUT2D eigenvalue weighted by Crippen LogP contribution is 2.30. The lowest BCUT2D eigenvalue weighted by atomic mass is 10.0. The van der Waals surface area contributed by atoms with Crippen LogP contribution < -0.4 is 10.8 Å². The van der Waals surface area contributed by atoms with Gasteiger partial charge in [0.2, 0.25) is 0 Å². The number of hydroxylamine groups is 3.